The van der Waals surface area contributed by atoms with Gasteiger partial charge in [-0.1, -0.05) is 6.07 Å². The van der Waals surface area contributed by atoms with Crippen LogP contribution in [-0.4, -0.2) is 4.92 Å². The van der Waals surface area contributed by atoms with Crippen molar-refractivity contribution in [1.29, 1.82) is 0 Å². The van der Waals surface area contributed by atoms with Crippen LogP contribution >= 0.6 is 0 Å². The van der Waals surface area contributed by atoms with E-state index < -0.39 is 28.1 Å². The van der Waals surface area contributed by atoms with E-state index in [1.807, 2.05) is 0 Å². The molecular weight excluding hydrogens is 273 g/mol. The summed E-state index contributed by atoms with van der Waals surface area (Å²) in [6.45, 7) is -0.272. The highest BCUT2D eigenvalue weighted by molar-refractivity contribution is 5.62. The molecule has 0 aliphatic carbocycles. The van der Waals surface area contributed by atoms with Crippen molar-refractivity contribution < 1.29 is 18.1 Å². The summed E-state index contributed by atoms with van der Waals surface area (Å²) in [7, 11) is 0. The van der Waals surface area contributed by atoms with Crippen molar-refractivity contribution >= 4 is 11.4 Å². The SMILES string of the molecule is O=[N+]([O-])c1cccc(F)c1NCc1cc(F)ccc1F. The second-order valence-electron chi connectivity index (χ2n) is 3.98. The van der Waals surface area contributed by atoms with Gasteiger partial charge < -0.3 is 5.32 Å². The Morgan fingerprint density at radius 2 is 1.85 bits per heavy atom. The lowest BCUT2D eigenvalue weighted by Gasteiger charge is -2.09. The minimum absolute atomic E-state index is 0.0532. The molecule has 4 nitrogen and oxygen atoms in total. The third-order valence-electron chi connectivity index (χ3n) is 2.65. The predicted octanol–water partition coefficient (Wildman–Crippen LogP) is 3.62. The molecule has 104 valence electrons. The van der Waals surface area contributed by atoms with Crippen LogP contribution in [0.15, 0.2) is 36.4 Å². The molecule has 2 aromatic rings. The lowest BCUT2D eigenvalue weighted by Crippen LogP contribution is -2.06. The van der Waals surface area contributed by atoms with Crippen molar-refractivity contribution in [1.82, 2.24) is 0 Å². The lowest BCUT2D eigenvalue weighted by molar-refractivity contribution is -0.384. The van der Waals surface area contributed by atoms with E-state index in [9.17, 15) is 23.3 Å². The molecule has 0 unspecified atom stereocenters. The Bertz CT molecular complexity index is 662. The zero-order valence-electron chi connectivity index (χ0n) is 10.1. The number of hydrogen-bond donors (Lipinski definition) is 1. The van der Waals surface area contributed by atoms with Gasteiger partial charge in [-0.25, -0.2) is 13.2 Å². The summed E-state index contributed by atoms with van der Waals surface area (Å²) in [6.07, 6.45) is 0. The van der Waals surface area contributed by atoms with Crippen molar-refractivity contribution in [2.75, 3.05) is 5.32 Å². The first-order chi connectivity index (χ1) is 9.49. The normalized spacial score (nSPS) is 10.3. The van der Waals surface area contributed by atoms with E-state index in [0.717, 1.165) is 30.3 Å². The maximum absolute atomic E-state index is 13.6. The van der Waals surface area contributed by atoms with Gasteiger partial charge in [-0.05, 0) is 24.3 Å². The number of anilines is 1. The molecule has 0 saturated heterocycles. The van der Waals surface area contributed by atoms with Crippen molar-refractivity contribution in [2.24, 2.45) is 0 Å². The number of nitrogens with one attached hydrogen (secondary N) is 1. The van der Waals surface area contributed by atoms with Crippen molar-refractivity contribution in [2.45, 2.75) is 6.54 Å². The van der Waals surface area contributed by atoms with Crippen LogP contribution in [0.5, 0.6) is 0 Å². The molecule has 0 aromatic heterocycles. The molecule has 0 amide bonds. The smallest absolute Gasteiger partial charge is 0.295 e. The lowest BCUT2D eigenvalue weighted by atomic mass is 10.2. The van der Waals surface area contributed by atoms with Crippen LogP contribution in [0.25, 0.3) is 0 Å². The standard InChI is InChI=1S/C13H9F3N2O2/c14-9-4-5-10(15)8(6-9)7-17-13-11(16)2-1-3-12(13)18(19)20/h1-6,17H,7H2. The van der Waals surface area contributed by atoms with E-state index in [4.69, 9.17) is 0 Å². The summed E-state index contributed by atoms with van der Waals surface area (Å²) in [4.78, 5) is 10.0. The van der Waals surface area contributed by atoms with E-state index >= 15 is 0 Å². The molecule has 0 radical (unpaired) electrons. The third-order valence-corrected chi connectivity index (χ3v) is 2.65. The number of nitro benzene ring substituents is 1. The quantitative estimate of drug-likeness (QED) is 0.688. The van der Waals surface area contributed by atoms with E-state index in [1.165, 1.54) is 6.07 Å². The summed E-state index contributed by atoms with van der Waals surface area (Å²) in [5, 5.41) is 13.2. The van der Waals surface area contributed by atoms with Crippen molar-refractivity contribution in [3.05, 3.63) is 69.5 Å². The molecule has 0 saturated carbocycles. The maximum Gasteiger partial charge on any atom is 0.295 e. The topological polar surface area (TPSA) is 55.2 Å². The average molecular weight is 282 g/mol. The number of nitro groups is 1. The minimum atomic E-state index is -0.837. The molecule has 2 rings (SSSR count). The molecular formula is C13H9F3N2O2. The molecule has 0 atom stereocenters. The van der Waals surface area contributed by atoms with E-state index in [1.54, 1.807) is 0 Å². The van der Waals surface area contributed by atoms with Gasteiger partial charge in [0.15, 0.2) is 5.82 Å². The number of nitrogens with zero attached hydrogens (tertiary/aromatic N) is 1. The number of halogens is 3. The summed E-state index contributed by atoms with van der Waals surface area (Å²) in [6, 6.07) is 6.17. The van der Waals surface area contributed by atoms with E-state index in [-0.39, 0.29) is 17.8 Å². The van der Waals surface area contributed by atoms with Crippen molar-refractivity contribution in [3.8, 4) is 0 Å². The Hall–Kier alpha value is -2.57. The highest BCUT2D eigenvalue weighted by Crippen LogP contribution is 2.27. The average Bonchev–Trinajstić information content (AvgIpc) is 2.40. The Morgan fingerprint density at radius 1 is 1.10 bits per heavy atom. The number of benzene rings is 2. The van der Waals surface area contributed by atoms with Gasteiger partial charge in [-0.3, -0.25) is 10.1 Å². The first-order valence-electron chi connectivity index (χ1n) is 5.59. The van der Waals surface area contributed by atoms with Gasteiger partial charge in [-0.15, -0.1) is 0 Å². The van der Waals surface area contributed by atoms with Crippen LogP contribution in [0.4, 0.5) is 24.5 Å². The second-order valence-corrected chi connectivity index (χ2v) is 3.98. The van der Waals surface area contributed by atoms with Gasteiger partial charge in [0.2, 0.25) is 0 Å². The first kappa shape index (κ1) is 13.9. The highest BCUT2D eigenvalue weighted by atomic mass is 19.1. The zero-order valence-corrected chi connectivity index (χ0v) is 10.1. The van der Waals surface area contributed by atoms with Crippen molar-refractivity contribution in [3.63, 3.8) is 0 Å². The summed E-state index contributed by atoms with van der Waals surface area (Å²) < 4.78 is 39.9. The van der Waals surface area contributed by atoms with Crippen LogP contribution in [0.2, 0.25) is 0 Å². The minimum Gasteiger partial charge on any atom is -0.373 e. The molecule has 0 aliphatic rings. The summed E-state index contributed by atoms with van der Waals surface area (Å²) in [5.41, 5.74) is -0.884. The molecule has 2 aromatic carbocycles. The molecule has 20 heavy (non-hydrogen) atoms. The molecule has 0 spiro atoms. The largest absolute Gasteiger partial charge is 0.373 e. The van der Waals surface area contributed by atoms with Crippen LogP contribution in [0.3, 0.4) is 0 Å². The van der Waals surface area contributed by atoms with Crippen LogP contribution in [-0.2, 0) is 6.54 Å². The van der Waals surface area contributed by atoms with Gasteiger partial charge in [0.1, 0.15) is 17.3 Å². The van der Waals surface area contributed by atoms with Gasteiger partial charge >= 0.3 is 0 Å². The third kappa shape index (κ3) is 2.87. The highest BCUT2D eigenvalue weighted by Gasteiger charge is 2.17. The maximum atomic E-state index is 13.6. The number of hydrogen-bond acceptors (Lipinski definition) is 3. The Labute approximate surface area is 112 Å². The summed E-state index contributed by atoms with van der Waals surface area (Å²) >= 11 is 0. The van der Waals surface area contributed by atoms with Gasteiger partial charge in [0, 0.05) is 18.2 Å². The Kier molecular flexibility index (Phi) is 3.88. The van der Waals surface area contributed by atoms with E-state index in [0.29, 0.717) is 0 Å². The number of rotatable bonds is 4. The monoisotopic (exact) mass is 282 g/mol. The molecule has 1 N–H and O–H groups in total. The van der Waals surface area contributed by atoms with Gasteiger partial charge in [-0.2, -0.15) is 0 Å². The van der Waals surface area contributed by atoms with Crippen LogP contribution in [0.1, 0.15) is 5.56 Å². The van der Waals surface area contributed by atoms with Crippen LogP contribution < -0.4 is 5.32 Å². The zero-order chi connectivity index (χ0) is 14.7. The predicted molar refractivity (Wildman–Crippen MR) is 66.7 cm³/mol. The van der Waals surface area contributed by atoms with Gasteiger partial charge in [0.05, 0.1) is 4.92 Å². The first-order valence-corrected chi connectivity index (χ1v) is 5.59. The van der Waals surface area contributed by atoms with Crippen LogP contribution in [0, 0.1) is 27.6 Å². The Balaban J connectivity index is 2.27. The molecule has 0 aliphatic heterocycles. The molecule has 7 heteroatoms. The summed E-state index contributed by atoms with van der Waals surface area (Å²) in [5.74, 6) is -2.17. The molecule has 0 heterocycles. The fourth-order valence-corrected chi connectivity index (χ4v) is 1.70. The number of para-hydroxylation sites is 1. The fourth-order valence-electron chi connectivity index (χ4n) is 1.70. The Morgan fingerprint density at radius 3 is 2.55 bits per heavy atom. The second kappa shape index (κ2) is 5.60. The van der Waals surface area contributed by atoms with Gasteiger partial charge in [0.25, 0.3) is 5.69 Å². The van der Waals surface area contributed by atoms with E-state index in [2.05, 4.69) is 5.32 Å². The molecule has 0 fully saturated rings. The molecule has 0 bridgehead atoms. The fraction of sp³-hybridized carbons (Fsp3) is 0.0769.